The number of hydrogen-bond donors (Lipinski definition) is 2. The van der Waals surface area contributed by atoms with Crippen LogP contribution in [-0.2, 0) is 0 Å². The first-order valence-electron chi connectivity index (χ1n) is 7.38. The lowest BCUT2D eigenvalue weighted by Gasteiger charge is -2.35. The van der Waals surface area contributed by atoms with Crippen molar-refractivity contribution in [1.82, 2.24) is 14.8 Å². The molecule has 3 N–H and O–H groups in total. The standard InChI is InChI=1S/C16H22N4O/c1-19-7-3-4-12(10-19)20(2)16(21)14-9-18-15-6-5-11(17)8-13(14)15/h5-6,8-9,12,18H,3-4,7,10,17H2,1-2H3. The fourth-order valence-electron chi connectivity index (χ4n) is 3.13. The van der Waals surface area contributed by atoms with Gasteiger partial charge in [0.05, 0.1) is 5.56 Å². The van der Waals surface area contributed by atoms with E-state index in [2.05, 4.69) is 16.9 Å². The van der Waals surface area contributed by atoms with Gasteiger partial charge in [-0.15, -0.1) is 0 Å². The second kappa shape index (κ2) is 5.41. The Kier molecular flexibility index (Phi) is 3.59. The van der Waals surface area contributed by atoms with Crippen LogP contribution in [0.2, 0.25) is 0 Å². The molecule has 1 fully saturated rings. The summed E-state index contributed by atoms with van der Waals surface area (Å²) in [4.78, 5) is 20.1. The first-order valence-corrected chi connectivity index (χ1v) is 7.38. The predicted molar refractivity (Wildman–Crippen MR) is 85.3 cm³/mol. The number of likely N-dealkylation sites (tertiary alicyclic amines) is 1. The number of carbonyl (C=O) groups excluding carboxylic acids is 1. The Morgan fingerprint density at radius 3 is 3.05 bits per heavy atom. The molecule has 3 rings (SSSR count). The molecule has 5 nitrogen and oxygen atoms in total. The fourth-order valence-corrected chi connectivity index (χ4v) is 3.13. The third-order valence-electron chi connectivity index (χ3n) is 4.40. The minimum atomic E-state index is 0.0622. The summed E-state index contributed by atoms with van der Waals surface area (Å²) >= 11 is 0. The van der Waals surface area contributed by atoms with E-state index < -0.39 is 0 Å². The molecule has 0 bridgehead atoms. The number of piperidine rings is 1. The van der Waals surface area contributed by atoms with Crippen LogP contribution in [0.15, 0.2) is 24.4 Å². The van der Waals surface area contributed by atoms with E-state index in [1.165, 1.54) is 0 Å². The molecular weight excluding hydrogens is 264 g/mol. The molecule has 2 aromatic rings. The van der Waals surface area contributed by atoms with Crippen molar-refractivity contribution in [1.29, 1.82) is 0 Å². The number of carbonyl (C=O) groups is 1. The second-order valence-electron chi connectivity index (χ2n) is 5.98. The fraction of sp³-hybridized carbons (Fsp3) is 0.438. The van der Waals surface area contributed by atoms with Crippen molar-refractivity contribution in [2.24, 2.45) is 0 Å². The number of benzene rings is 1. The monoisotopic (exact) mass is 286 g/mol. The Morgan fingerprint density at radius 2 is 2.29 bits per heavy atom. The van der Waals surface area contributed by atoms with Gasteiger partial charge < -0.3 is 20.5 Å². The van der Waals surface area contributed by atoms with Gasteiger partial charge in [0, 0.05) is 42.4 Å². The van der Waals surface area contributed by atoms with Crippen molar-refractivity contribution >= 4 is 22.5 Å². The smallest absolute Gasteiger partial charge is 0.256 e. The summed E-state index contributed by atoms with van der Waals surface area (Å²) in [5.41, 5.74) is 8.17. The highest BCUT2D eigenvalue weighted by Crippen LogP contribution is 2.23. The molecular formula is C16H22N4O. The summed E-state index contributed by atoms with van der Waals surface area (Å²) in [5, 5.41) is 0.899. The number of aromatic amines is 1. The number of aromatic nitrogens is 1. The van der Waals surface area contributed by atoms with Gasteiger partial charge in [-0.05, 0) is 44.6 Å². The lowest BCUT2D eigenvalue weighted by atomic mass is 10.0. The summed E-state index contributed by atoms with van der Waals surface area (Å²) in [6.07, 6.45) is 3.99. The minimum absolute atomic E-state index is 0.0622. The van der Waals surface area contributed by atoms with Crippen molar-refractivity contribution in [3.8, 4) is 0 Å². The van der Waals surface area contributed by atoms with Crippen LogP contribution < -0.4 is 5.73 Å². The van der Waals surface area contributed by atoms with Gasteiger partial charge in [-0.2, -0.15) is 0 Å². The van der Waals surface area contributed by atoms with Crippen LogP contribution >= 0.6 is 0 Å². The van der Waals surface area contributed by atoms with Crippen LogP contribution in [0.3, 0.4) is 0 Å². The summed E-state index contributed by atoms with van der Waals surface area (Å²) < 4.78 is 0. The van der Waals surface area contributed by atoms with Crippen molar-refractivity contribution in [2.45, 2.75) is 18.9 Å². The Morgan fingerprint density at radius 1 is 1.48 bits per heavy atom. The molecule has 2 heterocycles. The lowest BCUT2D eigenvalue weighted by Crippen LogP contribution is -2.47. The van der Waals surface area contributed by atoms with Gasteiger partial charge in [0.2, 0.25) is 0 Å². The number of anilines is 1. The minimum Gasteiger partial charge on any atom is -0.399 e. The zero-order chi connectivity index (χ0) is 15.0. The summed E-state index contributed by atoms with van der Waals surface area (Å²) in [6, 6.07) is 5.89. The number of nitrogens with zero attached hydrogens (tertiary/aromatic N) is 2. The molecule has 1 amide bonds. The van der Waals surface area contributed by atoms with E-state index in [-0.39, 0.29) is 11.9 Å². The van der Waals surface area contributed by atoms with E-state index in [0.29, 0.717) is 11.3 Å². The summed E-state index contributed by atoms with van der Waals surface area (Å²) in [7, 11) is 4.01. The molecule has 1 aromatic carbocycles. The van der Waals surface area contributed by atoms with E-state index in [0.717, 1.165) is 36.8 Å². The maximum absolute atomic E-state index is 12.8. The summed E-state index contributed by atoms with van der Waals surface area (Å²) in [6.45, 7) is 2.05. The molecule has 21 heavy (non-hydrogen) atoms. The van der Waals surface area contributed by atoms with E-state index in [4.69, 9.17) is 5.73 Å². The lowest BCUT2D eigenvalue weighted by molar-refractivity contribution is 0.0646. The number of hydrogen-bond acceptors (Lipinski definition) is 3. The zero-order valence-electron chi connectivity index (χ0n) is 12.6. The molecule has 0 saturated carbocycles. The van der Waals surface area contributed by atoms with Crippen molar-refractivity contribution in [3.05, 3.63) is 30.0 Å². The normalized spacial score (nSPS) is 19.8. The van der Waals surface area contributed by atoms with E-state index in [9.17, 15) is 4.79 Å². The van der Waals surface area contributed by atoms with Crippen molar-refractivity contribution < 1.29 is 4.79 Å². The number of likely N-dealkylation sites (N-methyl/N-ethyl adjacent to an activating group) is 2. The molecule has 0 radical (unpaired) electrons. The molecule has 1 saturated heterocycles. The number of nitrogen functional groups attached to an aromatic ring is 1. The molecule has 1 unspecified atom stereocenters. The second-order valence-corrected chi connectivity index (χ2v) is 5.98. The molecule has 1 aliphatic heterocycles. The summed E-state index contributed by atoms with van der Waals surface area (Å²) in [5.74, 6) is 0.0622. The van der Waals surface area contributed by atoms with E-state index >= 15 is 0 Å². The highest BCUT2D eigenvalue weighted by Gasteiger charge is 2.26. The van der Waals surface area contributed by atoms with Crippen LogP contribution in [0.5, 0.6) is 0 Å². The average molecular weight is 286 g/mol. The maximum Gasteiger partial charge on any atom is 0.256 e. The largest absolute Gasteiger partial charge is 0.399 e. The number of amides is 1. The van der Waals surface area contributed by atoms with E-state index in [1.807, 2.05) is 30.1 Å². The average Bonchev–Trinajstić information content (AvgIpc) is 2.88. The number of nitrogens with one attached hydrogen (secondary N) is 1. The Hall–Kier alpha value is -2.01. The molecule has 0 aliphatic carbocycles. The molecule has 1 aromatic heterocycles. The first kappa shape index (κ1) is 13.9. The van der Waals surface area contributed by atoms with Crippen LogP contribution in [-0.4, -0.2) is 53.9 Å². The van der Waals surface area contributed by atoms with Crippen molar-refractivity contribution in [3.63, 3.8) is 0 Å². The number of nitrogens with two attached hydrogens (primary N) is 1. The van der Waals surface area contributed by atoms with Crippen LogP contribution in [0, 0.1) is 0 Å². The van der Waals surface area contributed by atoms with E-state index in [1.54, 1.807) is 6.20 Å². The van der Waals surface area contributed by atoms with Gasteiger partial charge in [0.25, 0.3) is 5.91 Å². The van der Waals surface area contributed by atoms with Gasteiger partial charge in [0.15, 0.2) is 0 Å². The van der Waals surface area contributed by atoms with Gasteiger partial charge in [0.1, 0.15) is 0 Å². The Balaban J connectivity index is 1.87. The molecule has 5 heteroatoms. The number of rotatable bonds is 2. The molecule has 1 aliphatic rings. The number of H-pyrrole nitrogens is 1. The number of fused-ring (bicyclic) bond motifs is 1. The quantitative estimate of drug-likeness (QED) is 0.829. The Bertz CT molecular complexity index is 663. The third-order valence-corrected chi connectivity index (χ3v) is 4.40. The highest BCUT2D eigenvalue weighted by atomic mass is 16.2. The topological polar surface area (TPSA) is 65.4 Å². The third kappa shape index (κ3) is 2.61. The van der Waals surface area contributed by atoms with Gasteiger partial charge in [-0.25, -0.2) is 0 Å². The van der Waals surface area contributed by atoms with Gasteiger partial charge >= 0.3 is 0 Å². The molecule has 0 spiro atoms. The van der Waals surface area contributed by atoms with Gasteiger partial charge in [-0.1, -0.05) is 0 Å². The van der Waals surface area contributed by atoms with Gasteiger partial charge in [-0.3, -0.25) is 4.79 Å². The SMILES string of the molecule is CN1CCCC(N(C)C(=O)c2c[nH]c3ccc(N)cc23)C1. The van der Waals surface area contributed by atoms with Crippen LogP contribution in [0.25, 0.3) is 10.9 Å². The van der Waals surface area contributed by atoms with Crippen LogP contribution in [0.4, 0.5) is 5.69 Å². The van der Waals surface area contributed by atoms with Crippen LogP contribution in [0.1, 0.15) is 23.2 Å². The highest BCUT2D eigenvalue weighted by molar-refractivity contribution is 6.07. The zero-order valence-corrected chi connectivity index (χ0v) is 12.6. The maximum atomic E-state index is 12.8. The molecule has 1 atom stereocenters. The first-order chi connectivity index (χ1) is 10.1. The Labute approximate surface area is 124 Å². The predicted octanol–water partition coefficient (Wildman–Crippen LogP) is 1.92. The molecule has 112 valence electrons. The van der Waals surface area contributed by atoms with Crippen molar-refractivity contribution in [2.75, 3.05) is 32.9 Å².